The SMILES string of the molecule is COc1ccc(-c2oc(NC(=O)[C@H](C)NC(=O)c3ccco3)c(C#N)c2-c2ccc(OC)cc2)cc1. The van der Waals surface area contributed by atoms with Crippen molar-refractivity contribution in [3.8, 4) is 40.0 Å². The first kappa shape index (κ1) is 24.2. The first-order chi connectivity index (χ1) is 17.4. The molecule has 0 fully saturated rings. The van der Waals surface area contributed by atoms with Crippen molar-refractivity contribution in [3.05, 3.63) is 78.3 Å². The van der Waals surface area contributed by atoms with Gasteiger partial charge in [0.05, 0.1) is 20.5 Å². The fourth-order valence-electron chi connectivity index (χ4n) is 3.57. The number of nitrogens with one attached hydrogen (secondary N) is 2. The summed E-state index contributed by atoms with van der Waals surface area (Å²) in [5.74, 6) is 0.644. The van der Waals surface area contributed by atoms with Crippen LogP contribution in [0.5, 0.6) is 11.5 Å². The Morgan fingerprint density at radius 2 is 1.56 bits per heavy atom. The summed E-state index contributed by atoms with van der Waals surface area (Å²) in [6.07, 6.45) is 1.36. The largest absolute Gasteiger partial charge is 0.497 e. The third kappa shape index (κ3) is 4.93. The number of methoxy groups -OCH3 is 2. The highest BCUT2D eigenvalue weighted by molar-refractivity contribution is 6.01. The van der Waals surface area contributed by atoms with Gasteiger partial charge in [-0.2, -0.15) is 5.26 Å². The van der Waals surface area contributed by atoms with Crippen LogP contribution in [0.2, 0.25) is 0 Å². The van der Waals surface area contributed by atoms with Gasteiger partial charge >= 0.3 is 0 Å². The number of hydrogen-bond acceptors (Lipinski definition) is 7. The number of nitriles is 1. The van der Waals surface area contributed by atoms with Crippen molar-refractivity contribution in [2.75, 3.05) is 19.5 Å². The lowest BCUT2D eigenvalue weighted by atomic mass is 9.98. The molecule has 2 heterocycles. The number of hydrogen-bond donors (Lipinski definition) is 2. The fourth-order valence-corrected chi connectivity index (χ4v) is 3.57. The molecule has 182 valence electrons. The molecule has 0 aliphatic heterocycles. The summed E-state index contributed by atoms with van der Waals surface area (Å²) in [5.41, 5.74) is 2.02. The minimum absolute atomic E-state index is 0.0294. The van der Waals surface area contributed by atoms with Crippen molar-refractivity contribution in [1.29, 1.82) is 5.26 Å². The zero-order valence-corrected chi connectivity index (χ0v) is 19.8. The lowest BCUT2D eigenvalue weighted by molar-refractivity contribution is -0.117. The van der Waals surface area contributed by atoms with Crippen LogP contribution in [0.25, 0.3) is 22.5 Å². The second kappa shape index (κ2) is 10.5. The normalized spacial score (nSPS) is 11.3. The number of rotatable bonds is 8. The molecule has 2 N–H and O–H groups in total. The van der Waals surface area contributed by atoms with Crippen LogP contribution >= 0.6 is 0 Å². The zero-order chi connectivity index (χ0) is 25.7. The van der Waals surface area contributed by atoms with Crippen LogP contribution in [0.3, 0.4) is 0 Å². The molecule has 0 aliphatic carbocycles. The summed E-state index contributed by atoms with van der Waals surface area (Å²) >= 11 is 0. The average Bonchev–Trinajstić information content (AvgIpc) is 3.57. The third-order valence-corrected chi connectivity index (χ3v) is 5.47. The van der Waals surface area contributed by atoms with Gasteiger partial charge in [-0.1, -0.05) is 12.1 Å². The number of furan rings is 2. The maximum Gasteiger partial charge on any atom is 0.287 e. The minimum Gasteiger partial charge on any atom is -0.497 e. The first-order valence-electron chi connectivity index (χ1n) is 11.0. The Morgan fingerprint density at radius 3 is 2.08 bits per heavy atom. The molecule has 9 heteroatoms. The van der Waals surface area contributed by atoms with E-state index in [1.807, 2.05) is 0 Å². The number of carbonyl (C=O) groups excluding carboxylic acids is 2. The number of ether oxygens (including phenoxy) is 2. The van der Waals surface area contributed by atoms with Crippen LogP contribution in [0.1, 0.15) is 23.0 Å². The van der Waals surface area contributed by atoms with Gasteiger partial charge in [0.2, 0.25) is 11.8 Å². The van der Waals surface area contributed by atoms with Gasteiger partial charge in [0, 0.05) is 11.1 Å². The minimum atomic E-state index is -0.937. The van der Waals surface area contributed by atoms with Gasteiger partial charge in [-0.15, -0.1) is 0 Å². The Morgan fingerprint density at radius 1 is 0.944 bits per heavy atom. The van der Waals surface area contributed by atoms with E-state index in [0.717, 1.165) is 0 Å². The smallest absolute Gasteiger partial charge is 0.287 e. The number of benzene rings is 2. The topological polar surface area (TPSA) is 127 Å². The highest BCUT2D eigenvalue weighted by atomic mass is 16.5. The van der Waals surface area contributed by atoms with Crippen molar-refractivity contribution in [1.82, 2.24) is 5.32 Å². The zero-order valence-electron chi connectivity index (χ0n) is 19.8. The number of anilines is 1. The van der Waals surface area contributed by atoms with Crippen molar-refractivity contribution < 1.29 is 27.9 Å². The van der Waals surface area contributed by atoms with E-state index >= 15 is 0 Å². The molecule has 1 atom stereocenters. The van der Waals surface area contributed by atoms with Crippen molar-refractivity contribution in [2.24, 2.45) is 0 Å². The third-order valence-electron chi connectivity index (χ3n) is 5.47. The van der Waals surface area contributed by atoms with E-state index in [-0.39, 0.29) is 17.2 Å². The van der Waals surface area contributed by atoms with Gasteiger partial charge in [0.1, 0.15) is 34.9 Å². The molecular weight excluding hydrogens is 462 g/mol. The monoisotopic (exact) mass is 485 g/mol. The van der Waals surface area contributed by atoms with E-state index in [9.17, 15) is 14.9 Å². The maximum atomic E-state index is 12.9. The van der Waals surface area contributed by atoms with Gasteiger partial charge in [-0.25, -0.2) is 0 Å². The summed E-state index contributed by atoms with van der Waals surface area (Å²) in [5, 5.41) is 15.2. The lowest BCUT2D eigenvalue weighted by Gasteiger charge is -2.12. The van der Waals surface area contributed by atoms with Gasteiger partial charge in [-0.3, -0.25) is 14.9 Å². The molecule has 0 radical (unpaired) electrons. The first-order valence-corrected chi connectivity index (χ1v) is 11.0. The van der Waals surface area contributed by atoms with Crippen LogP contribution in [0.15, 0.2) is 75.8 Å². The van der Waals surface area contributed by atoms with E-state index < -0.39 is 17.9 Å². The van der Waals surface area contributed by atoms with Gasteiger partial charge in [0.15, 0.2) is 5.76 Å². The maximum absolute atomic E-state index is 12.9. The Kier molecular flexibility index (Phi) is 7.07. The van der Waals surface area contributed by atoms with Gasteiger partial charge in [0.25, 0.3) is 5.91 Å². The average molecular weight is 485 g/mol. The predicted molar refractivity (Wildman–Crippen MR) is 132 cm³/mol. The molecule has 0 bridgehead atoms. The Labute approximate surface area is 207 Å². The quantitative estimate of drug-likeness (QED) is 0.365. The number of nitrogens with zero attached hydrogens (tertiary/aromatic N) is 1. The van der Waals surface area contributed by atoms with E-state index in [2.05, 4.69) is 16.7 Å². The molecule has 0 aliphatic rings. The summed E-state index contributed by atoms with van der Waals surface area (Å²) in [6.45, 7) is 1.51. The molecular formula is C27H23N3O6. The highest BCUT2D eigenvalue weighted by Gasteiger charge is 2.26. The van der Waals surface area contributed by atoms with Crippen LogP contribution in [-0.2, 0) is 4.79 Å². The van der Waals surface area contributed by atoms with Crippen molar-refractivity contribution in [2.45, 2.75) is 13.0 Å². The lowest BCUT2D eigenvalue weighted by Crippen LogP contribution is -2.41. The molecule has 0 unspecified atom stereocenters. The van der Waals surface area contributed by atoms with E-state index in [0.29, 0.717) is 33.9 Å². The number of amides is 2. The van der Waals surface area contributed by atoms with Crippen LogP contribution < -0.4 is 20.1 Å². The van der Waals surface area contributed by atoms with Gasteiger partial charge < -0.3 is 23.6 Å². The Hall–Kier alpha value is -4.97. The molecule has 2 aromatic heterocycles. The highest BCUT2D eigenvalue weighted by Crippen LogP contribution is 2.42. The van der Waals surface area contributed by atoms with Crippen LogP contribution in [0, 0.1) is 11.3 Å². The molecule has 0 saturated carbocycles. The molecule has 36 heavy (non-hydrogen) atoms. The summed E-state index contributed by atoms with van der Waals surface area (Å²) in [7, 11) is 3.13. The molecule has 2 aromatic carbocycles. The molecule has 0 saturated heterocycles. The van der Waals surface area contributed by atoms with Crippen molar-refractivity contribution >= 4 is 17.7 Å². The molecule has 9 nitrogen and oxygen atoms in total. The van der Waals surface area contributed by atoms with Crippen LogP contribution in [-0.4, -0.2) is 32.1 Å². The Bertz CT molecular complexity index is 1400. The van der Waals surface area contributed by atoms with Crippen molar-refractivity contribution in [3.63, 3.8) is 0 Å². The van der Waals surface area contributed by atoms with E-state index in [1.165, 1.54) is 19.3 Å². The summed E-state index contributed by atoms with van der Waals surface area (Å²) in [6, 6.07) is 18.5. The van der Waals surface area contributed by atoms with Crippen LogP contribution in [0.4, 0.5) is 5.88 Å². The van der Waals surface area contributed by atoms with E-state index in [4.69, 9.17) is 18.3 Å². The fraction of sp³-hybridized carbons (Fsp3) is 0.148. The standard InChI is InChI=1S/C27H23N3O6/c1-16(29-26(32)22-5-4-14-35-22)25(31)30-27-21(15-28)23(17-6-10-19(33-2)11-7-17)24(36-27)18-8-12-20(34-3)13-9-18/h4-14,16H,1-3H3,(H,29,32)(H,30,31)/t16-/m0/s1. The van der Waals surface area contributed by atoms with E-state index in [1.54, 1.807) is 68.8 Å². The summed E-state index contributed by atoms with van der Waals surface area (Å²) < 4.78 is 21.6. The predicted octanol–water partition coefficient (Wildman–Crippen LogP) is 4.85. The molecule has 2 amide bonds. The second-order valence-corrected chi connectivity index (χ2v) is 7.74. The molecule has 0 spiro atoms. The van der Waals surface area contributed by atoms with Gasteiger partial charge in [-0.05, 0) is 61.0 Å². The summed E-state index contributed by atoms with van der Waals surface area (Å²) in [4.78, 5) is 25.1. The Balaban J connectivity index is 1.70. The number of carbonyl (C=O) groups is 2. The molecule has 4 aromatic rings. The molecule has 4 rings (SSSR count). The second-order valence-electron chi connectivity index (χ2n) is 7.74.